The Hall–Kier alpha value is -1.93. The highest BCUT2D eigenvalue weighted by molar-refractivity contribution is 7.89. The first kappa shape index (κ1) is 22.4. The molecule has 1 saturated carbocycles. The van der Waals surface area contributed by atoms with Gasteiger partial charge in [-0.05, 0) is 37.0 Å². The van der Waals surface area contributed by atoms with Crippen LogP contribution < -0.4 is 5.32 Å². The number of hydrogen-bond acceptors (Lipinski definition) is 5. The third-order valence-corrected chi connectivity index (χ3v) is 7.05. The number of hydrogen-bond donors (Lipinski definition) is 1. The molecule has 1 aromatic rings. The van der Waals surface area contributed by atoms with Crippen molar-refractivity contribution in [3.8, 4) is 0 Å². The molecule has 0 atom stereocenters. The van der Waals surface area contributed by atoms with Crippen molar-refractivity contribution in [2.45, 2.75) is 57.3 Å². The lowest BCUT2D eigenvalue weighted by Gasteiger charge is -2.20. The summed E-state index contributed by atoms with van der Waals surface area (Å²) in [7, 11) is -3.60. The Balaban J connectivity index is 1.89. The van der Waals surface area contributed by atoms with Crippen LogP contribution in [0.2, 0.25) is 0 Å². The van der Waals surface area contributed by atoms with Gasteiger partial charge in [-0.2, -0.15) is 4.31 Å². The van der Waals surface area contributed by atoms with E-state index in [1.165, 1.54) is 22.9 Å². The molecule has 0 spiro atoms. The summed E-state index contributed by atoms with van der Waals surface area (Å²) in [4.78, 5) is 24.1. The van der Waals surface area contributed by atoms with Crippen molar-refractivity contribution < 1.29 is 22.7 Å². The second-order valence-corrected chi connectivity index (χ2v) is 8.97. The van der Waals surface area contributed by atoms with Gasteiger partial charge >= 0.3 is 5.97 Å². The molecule has 0 unspecified atom stereocenters. The van der Waals surface area contributed by atoms with Crippen LogP contribution in [0.15, 0.2) is 29.2 Å². The Morgan fingerprint density at radius 1 is 1.14 bits per heavy atom. The number of carbonyl (C=O) groups excluding carboxylic acids is 2. The quantitative estimate of drug-likeness (QED) is 0.631. The van der Waals surface area contributed by atoms with Gasteiger partial charge < -0.3 is 10.1 Å². The number of nitrogens with zero attached hydrogens (tertiary/aromatic N) is 1. The van der Waals surface area contributed by atoms with E-state index in [2.05, 4.69) is 5.32 Å². The average molecular weight is 411 g/mol. The number of esters is 1. The lowest BCUT2D eigenvalue weighted by molar-refractivity contribution is -0.148. The highest BCUT2D eigenvalue weighted by atomic mass is 32.2. The highest BCUT2D eigenvalue weighted by Gasteiger charge is 2.22. The maximum absolute atomic E-state index is 12.6. The number of ether oxygens (including phenoxy) is 1. The predicted molar refractivity (Wildman–Crippen MR) is 107 cm³/mol. The van der Waals surface area contributed by atoms with Crippen LogP contribution in [0.4, 0.5) is 5.69 Å². The van der Waals surface area contributed by atoms with Crippen LogP contribution in [-0.2, 0) is 24.3 Å². The molecule has 2 rings (SSSR count). The summed E-state index contributed by atoms with van der Waals surface area (Å²) < 4.78 is 31.6. The molecule has 1 aliphatic carbocycles. The number of nitrogens with one attached hydrogen (secondary N) is 1. The first-order valence-electron chi connectivity index (χ1n) is 9.92. The SMILES string of the molecule is CCN(CC)S(=O)(=O)c1cccc(NC(=O)COC(=O)CC2CCCCC2)c1. The first-order chi connectivity index (χ1) is 13.4. The van der Waals surface area contributed by atoms with E-state index in [1.807, 2.05) is 0 Å². The Morgan fingerprint density at radius 3 is 2.46 bits per heavy atom. The Bertz CT molecular complexity index is 769. The highest BCUT2D eigenvalue weighted by Crippen LogP contribution is 2.26. The van der Waals surface area contributed by atoms with Crippen molar-refractivity contribution >= 4 is 27.6 Å². The van der Waals surface area contributed by atoms with Gasteiger partial charge in [0.15, 0.2) is 6.61 Å². The van der Waals surface area contributed by atoms with Gasteiger partial charge in [-0.1, -0.05) is 39.2 Å². The Labute approximate surface area is 167 Å². The summed E-state index contributed by atoms with van der Waals surface area (Å²) in [5, 5.41) is 2.59. The van der Waals surface area contributed by atoms with Gasteiger partial charge in [0.1, 0.15) is 0 Å². The monoisotopic (exact) mass is 410 g/mol. The van der Waals surface area contributed by atoms with Crippen molar-refractivity contribution in [2.75, 3.05) is 25.0 Å². The predicted octanol–water partition coefficient (Wildman–Crippen LogP) is 3.17. The molecule has 1 aliphatic rings. The number of anilines is 1. The fourth-order valence-corrected chi connectivity index (χ4v) is 4.98. The van der Waals surface area contributed by atoms with Crippen molar-refractivity contribution in [3.05, 3.63) is 24.3 Å². The van der Waals surface area contributed by atoms with Crippen LogP contribution in [0.25, 0.3) is 0 Å². The van der Waals surface area contributed by atoms with E-state index < -0.39 is 15.9 Å². The minimum atomic E-state index is -3.60. The zero-order valence-electron chi connectivity index (χ0n) is 16.6. The maximum atomic E-state index is 12.6. The van der Waals surface area contributed by atoms with Gasteiger partial charge in [0.2, 0.25) is 10.0 Å². The molecule has 0 bridgehead atoms. The molecule has 7 nitrogen and oxygen atoms in total. The molecular formula is C20H30N2O5S. The standard InChI is InChI=1S/C20H30N2O5S/c1-3-22(4-2)28(25,26)18-12-8-11-17(14-18)21-19(23)15-27-20(24)13-16-9-6-5-7-10-16/h8,11-12,14,16H,3-7,9-10,13,15H2,1-2H3,(H,21,23). The van der Waals surface area contributed by atoms with Crippen LogP contribution in [0.3, 0.4) is 0 Å². The molecule has 156 valence electrons. The molecule has 8 heteroatoms. The molecule has 0 aliphatic heterocycles. The van der Waals surface area contributed by atoms with Crippen LogP contribution in [0, 0.1) is 5.92 Å². The molecule has 28 heavy (non-hydrogen) atoms. The van der Waals surface area contributed by atoms with Gasteiger partial charge in [0.25, 0.3) is 5.91 Å². The zero-order valence-corrected chi connectivity index (χ0v) is 17.5. The summed E-state index contributed by atoms with van der Waals surface area (Å²) >= 11 is 0. The summed E-state index contributed by atoms with van der Waals surface area (Å²) in [5.41, 5.74) is 0.349. The first-order valence-corrected chi connectivity index (χ1v) is 11.4. The van der Waals surface area contributed by atoms with Crippen LogP contribution in [0.5, 0.6) is 0 Å². The lowest BCUT2D eigenvalue weighted by atomic mass is 9.87. The topological polar surface area (TPSA) is 92.8 Å². The summed E-state index contributed by atoms with van der Waals surface area (Å²) in [6, 6.07) is 6.08. The molecule has 1 aromatic carbocycles. The van der Waals surface area contributed by atoms with Crippen LogP contribution in [0.1, 0.15) is 52.4 Å². The van der Waals surface area contributed by atoms with Gasteiger partial charge in [0, 0.05) is 25.2 Å². The molecule has 0 heterocycles. The molecule has 0 aromatic heterocycles. The van der Waals surface area contributed by atoms with E-state index in [1.54, 1.807) is 26.0 Å². The Morgan fingerprint density at radius 2 is 1.82 bits per heavy atom. The van der Waals surface area contributed by atoms with Gasteiger partial charge in [-0.3, -0.25) is 9.59 Å². The molecular weight excluding hydrogens is 380 g/mol. The largest absolute Gasteiger partial charge is 0.456 e. The Kier molecular flexibility index (Phi) is 8.44. The van der Waals surface area contributed by atoms with Crippen LogP contribution in [-0.4, -0.2) is 44.3 Å². The molecule has 0 radical (unpaired) electrons. The van der Waals surface area contributed by atoms with E-state index >= 15 is 0 Å². The summed E-state index contributed by atoms with van der Waals surface area (Å²) in [6.45, 7) is 3.90. The second kappa shape index (κ2) is 10.6. The van der Waals surface area contributed by atoms with E-state index in [0.29, 0.717) is 31.1 Å². The maximum Gasteiger partial charge on any atom is 0.306 e. The molecule has 1 N–H and O–H groups in total. The van der Waals surface area contributed by atoms with Crippen LogP contribution >= 0.6 is 0 Å². The van der Waals surface area contributed by atoms with Gasteiger partial charge in [-0.25, -0.2) is 8.42 Å². The average Bonchev–Trinajstić information content (AvgIpc) is 2.68. The van der Waals surface area contributed by atoms with E-state index in [0.717, 1.165) is 25.7 Å². The van der Waals surface area contributed by atoms with Crippen molar-refractivity contribution in [3.63, 3.8) is 0 Å². The number of sulfonamides is 1. The fraction of sp³-hybridized carbons (Fsp3) is 0.600. The molecule has 0 saturated heterocycles. The normalized spacial score (nSPS) is 15.4. The summed E-state index contributed by atoms with van der Waals surface area (Å²) in [5.74, 6) is -0.499. The third kappa shape index (κ3) is 6.31. The summed E-state index contributed by atoms with van der Waals surface area (Å²) in [6.07, 6.45) is 5.93. The second-order valence-electron chi connectivity index (χ2n) is 7.03. The van der Waals surface area contributed by atoms with E-state index in [9.17, 15) is 18.0 Å². The fourth-order valence-electron chi connectivity index (χ4n) is 3.48. The number of rotatable bonds is 9. The van der Waals surface area contributed by atoms with Crippen molar-refractivity contribution in [1.29, 1.82) is 0 Å². The minimum absolute atomic E-state index is 0.114. The third-order valence-electron chi connectivity index (χ3n) is 5.01. The number of amides is 1. The van der Waals surface area contributed by atoms with Crippen molar-refractivity contribution in [2.24, 2.45) is 5.92 Å². The van der Waals surface area contributed by atoms with Crippen molar-refractivity contribution in [1.82, 2.24) is 4.31 Å². The van der Waals surface area contributed by atoms with Gasteiger partial charge in [-0.15, -0.1) is 0 Å². The smallest absolute Gasteiger partial charge is 0.306 e. The molecule has 1 fully saturated rings. The zero-order chi connectivity index (χ0) is 20.6. The van der Waals surface area contributed by atoms with E-state index in [-0.39, 0.29) is 17.5 Å². The lowest BCUT2D eigenvalue weighted by Crippen LogP contribution is -2.30. The minimum Gasteiger partial charge on any atom is -0.456 e. The number of carbonyl (C=O) groups is 2. The molecule has 1 amide bonds. The van der Waals surface area contributed by atoms with Gasteiger partial charge in [0.05, 0.1) is 4.90 Å². The number of benzene rings is 1. The van der Waals surface area contributed by atoms with E-state index in [4.69, 9.17) is 4.74 Å².